The highest BCUT2D eigenvalue weighted by atomic mass is 16.5. The minimum absolute atomic E-state index is 0.469. The molecule has 0 saturated heterocycles. The molecule has 0 aliphatic heterocycles. The lowest BCUT2D eigenvalue weighted by atomic mass is 10.2. The average molecular weight is 424 g/mol. The van der Waals surface area contributed by atoms with Gasteiger partial charge in [0.15, 0.2) is 23.0 Å². The maximum Gasteiger partial charge on any atom is 0.185 e. The Morgan fingerprint density at radius 3 is 2.62 bits per heavy atom. The van der Waals surface area contributed by atoms with Gasteiger partial charge in [0.1, 0.15) is 12.9 Å². The second-order valence-corrected chi connectivity index (χ2v) is 7.05. The van der Waals surface area contributed by atoms with Gasteiger partial charge in [-0.25, -0.2) is 0 Å². The van der Waals surface area contributed by atoms with Gasteiger partial charge in [-0.1, -0.05) is 54.6 Å². The molecule has 0 saturated carbocycles. The summed E-state index contributed by atoms with van der Waals surface area (Å²) < 4.78 is 13.0. The normalized spacial score (nSPS) is 11.3. The van der Waals surface area contributed by atoms with Crippen molar-refractivity contribution in [2.45, 2.75) is 6.61 Å². The van der Waals surface area contributed by atoms with Gasteiger partial charge in [-0.2, -0.15) is 9.62 Å². The van der Waals surface area contributed by atoms with Crippen molar-refractivity contribution in [2.24, 2.45) is 5.10 Å². The Balaban J connectivity index is 1.34. The van der Waals surface area contributed by atoms with Crippen molar-refractivity contribution in [3.63, 3.8) is 0 Å². The number of hydrazone groups is 1. The predicted octanol–water partition coefficient (Wildman–Crippen LogP) is 4.31. The topological polar surface area (TPSA) is 85.9 Å². The zero-order valence-corrected chi connectivity index (χ0v) is 17.3. The lowest BCUT2D eigenvalue weighted by molar-refractivity contribution is 0.284. The molecule has 0 aliphatic carbocycles. The van der Waals surface area contributed by atoms with Gasteiger partial charge < -0.3 is 9.47 Å². The summed E-state index contributed by atoms with van der Waals surface area (Å²) in [4.78, 5) is 0. The summed E-state index contributed by atoms with van der Waals surface area (Å²) in [6.45, 7) is 0.469. The van der Waals surface area contributed by atoms with Crippen molar-refractivity contribution in [3.8, 4) is 11.5 Å². The standard InChI is InChI=1S/C24H20N6O2/c1-31-22-13-18(11-12-21(22)32-15-17-7-3-2-4-8-17)14-25-27-23-19-9-5-6-10-20(19)24-28-26-16-30(24)29-23/h2-14,16H,15H2,1H3,(H,27,29)/b25-14-. The number of fused-ring (bicyclic) bond motifs is 3. The van der Waals surface area contributed by atoms with Crippen LogP contribution in [0.2, 0.25) is 0 Å². The number of aromatic nitrogens is 4. The van der Waals surface area contributed by atoms with E-state index >= 15 is 0 Å². The molecule has 0 atom stereocenters. The van der Waals surface area contributed by atoms with Crippen molar-refractivity contribution >= 4 is 28.5 Å². The second-order valence-electron chi connectivity index (χ2n) is 7.05. The van der Waals surface area contributed by atoms with Crippen molar-refractivity contribution in [3.05, 3.63) is 90.3 Å². The van der Waals surface area contributed by atoms with Crippen LogP contribution in [0, 0.1) is 0 Å². The largest absolute Gasteiger partial charge is 0.493 e. The average Bonchev–Trinajstić information content (AvgIpc) is 3.32. The molecular formula is C24H20N6O2. The molecule has 8 nitrogen and oxygen atoms in total. The Morgan fingerprint density at radius 1 is 0.969 bits per heavy atom. The monoisotopic (exact) mass is 424 g/mol. The number of rotatable bonds is 7. The molecule has 2 heterocycles. The van der Waals surface area contributed by atoms with Crippen LogP contribution < -0.4 is 14.9 Å². The van der Waals surface area contributed by atoms with Gasteiger partial charge in [-0.15, -0.1) is 15.3 Å². The van der Waals surface area contributed by atoms with Gasteiger partial charge in [0.25, 0.3) is 0 Å². The molecule has 32 heavy (non-hydrogen) atoms. The van der Waals surface area contributed by atoms with Gasteiger partial charge in [-0.05, 0) is 29.3 Å². The third-order valence-corrected chi connectivity index (χ3v) is 4.97. The lowest BCUT2D eigenvalue weighted by Crippen LogP contribution is -2.01. The van der Waals surface area contributed by atoms with Crippen LogP contribution in [0.3, 0.4) is 0 Å². The van der Waals surface area contributed by atoms with E-state index in [1.54, 1.807) is 24.2 Å². The van der Waals surface area contributed by atoms with Gasteiger partial charge in [0.2, 0.25) is 0 Å². The summed E-state index contributed by atoms with van der Waals surface area (Å²) >= 11 is 0. The summed E-state index contributed by atoms with van der Waals surface area (Å²) in [5.74, 6) is 1.92. The third kappa shape index (κ3) is 3.93. The molecule has 8 heteroatoms. The molecule has 0 fully saturated rings. The van der Waals surface area contributed by atoms with E-state index in [0.717, 1.165) is 21.9 Å². The molecular weight excluding hydrogens is 404 g/mol. The number of nitrogens with zero attached hydrogens (tertiary/aromatic N) is 5. The molecule has 5 aromatic rings. The molecule has 2 aromatic heterocycles. The first-order chi connectivity index (χ1) is 15.8. The van der Waals surface area contributed by atoms with Crippen molar-refractivity contribution < 1.29 is 9.47 Å². The molecule has 0 aliphatic rings. The van der Waals surface area contributed by atoms with E-state index in [9.17, 15) is 0 Å². The fourth-order valence-corrected chi connectivity index (χ4v) is 3.40. The highest BCUT2D eigenvalue weighted by Crippen LogP contribution is 2.28. The maximum atomic E-state index is 5.91. The first-order valence-electron chi connectivity index (χ1n) is 10.0. The Bertz CT molecular complexity index is 1400. The van der Waals surface area contributed by atoms with Crippen LogP contribution in [0.15, 0.2) is 84.2 Å². The minimum Gasteiger partial charge on any atom is -0.493 e. The zero-order valence-electron chi connectivity index (χ0n) is 17.3. The van der Waals surface area contributed by atoms with Crippen LogP contribution in [-0.2, 0) is 6.61 Å². The SMILES string of the molecule is COc1cc(/C=N\Nc2nn3cnnc3c3ccccc23)ccc1OCc1ccccc1. The summed E-state index contributed by atoms with van der Waals surface area (Å²) in [5, 5.41) is 18.8. The van der Waals surface area contributed by atoms with Crippen LogP contribution in [0.25, 0.3) is 16.4 Å². The molecule has 0 radical (unpaired) electrons. The van der Waals surface area contributed by atoms with Gasteiger partial charge >= 0.3 is 0 Å². The van der Waals surface area contributed by atoms with Gasteiger partial charge in [-0.3, -0.25) is 5.43 Å². The number of ether oxygens (including phenoxy) is 2. The number of nitrogens with one attached hydrogen (secondary N) is 1. The summed E-state index contributed by atoms with van der Waals surface area (Å²) in [6, 6.07) is 23.5. The van der Waals surface area contributed by atoms with Gasteiger partial charge in [0, 0.05) is 10.8 Å². The summed E-state index contributed by atoms with van der Waals surface area (Å²) in [5.41, 5.74) is 5.68. The molecule has 5 rings (SSSR count). The Kier molecular flexibility index (Phi) is 5.32. The fraction of sp³-hybridized carbons (Fsp3) is 0.0833. The van der Waals surface area contributed by atoms with Crippen LogP contribution >= 0.6 is 0 Å². The highest BCUT2D eigenvalue weighted by molar-refractivity contribution is 5.99. The van der Waals surface area contributed by atoms with Crippen LogP contribution in [-0.4, -0.2) is 33.1 Å². The molecule has 158 valence electrons. The Morgan fingerprint density at radius 2 is 1.78 bits per heavy atom. The number of benzene rings is 3. The van der Waals surface area contributed by atoms with E-state index in [1.807, 2.05) is 72.8 Å². The minimum atomic E-state index is 0.469. The lowest BCUT2D eigenvalue weighted by Gasteiger charge is -2.11. The zero-order chi connectivity index (χ0) is 21.8. The first-order valence-corrected chi connectivity index (χ1v) is 10.0. The molecule has 3 aromatic carbocycles. The third-order valence-electron chi connectivity index (χ3n) is 4.97. The summed E-state index contributed by atoms with van der Waals surface area (Å²) in [7, 11) is 1.62. The highest BCUT2D eigenvalue weighted by Gasteiger charge is 2.09. The molecule has 0 bridgehead atoms. The maximum absolute atomic E-state index is 5.91. The molecule has 1 N–H and O–H groups in total. The van der Waals surface area contributed by atoms with Gasteiger partial charge in [0.05, 0.1) is 13.3 Å². The number of hydrogen-bond acceptors (Lipinski definition) is 7. The van der Waals surface area contributed by atoms with E-state index in [4.69, 9.17) is 9.47 Å². The molecule has 0 spiro atoms. The second kappa shape index (κ2) is 8.73. The van der Waals surface area contributed by atoms with Crippen LogP contribution in [0.5, 0.6) is 11.5 Å². The predicted molar refractivity (Wildman–Crippen MR) is 123 cm³/mol. The van der Waals surface area contributed by atoms with E-state index in [1.165, 1.54) is 0 Å². The van der Waals surface area contributed by atoms with E-state index in [0.29, 0.717) is 29.6 Å². The summed E-state index contributed by atoms with van der Waals surface area (Å²) in [6.07, 6.45) is 3.27. The number of anilines is 1. The van der Waals surface area contributed by atoms with E-state index in [-0.39, 0.29) is 0 Å². The first kappa shape index (κ1) is 19.5. The van der Waals surface area contributed by atoms with Crippen LogP contribution in [0.4, 0.5) is 5.82 Å². The van der Waals surface area contributed by atoms with Crippen molar-refractivity contribution in [1.29, 1.82) is 0 Å². The smallest absolute Gasteiger partial charge is 0.185 e. The quantitative estimate of drug-likeness (QED) is 0.309. The van der Waals surface area contributed by atoms with Crippen molar-refractivity contribution in [2.75, 3.05) is 12.5 Å². The molecule has 0 unspecified atom stereocenters. The number of methoxy groups -OCH3 is 1. The Labute approximate surface area is 184 Å². The van der Waals surface area contributed by atoms with E-state index < -0.39 is 0 Å². The van der Waals surface area contributed by atoms with Crippen molar-refractivity contribution in [1.82, 2.24) is 19.8 Å². The van der Waals surface area contributed by atoms with E-state index in [2.05, 4.69) is 25.8 Å². The van der Waals surface area contributed by atoms with Crippen LogP contribution in [0.1, 0.15) is 11.1 Å². The number of hydrogen-bond donors (Lipinski definition) is 1. The Hall–Kier alpha value is -4.46. The fourth-order valence-electron chi connectivity index (χ4n) is 3.40. The molecule has 0 amide bonds.